The van der Waals surface area contributed by atoms with Gasteiger partial charge in [0.25, 0.3) is 0 Å². The zero-order valence-electron chi connectivity index (χ0n) is 6.28. The zero-order valence-corrected chi connectivity index (χ0v) is 6.28. The molecule has 0 saturated carbocycles. The molecule has 12 heavy (non-hydrogen) atoms. The molecule has 1 rings (SSSR count). The number of amides is 1. The molecular weight excluding hydrogens is 153 g/mol. The average molecular weight is 159 g/mol. The Bertz CT molecular complexity index is 317. The van der Waals surface area contributed by atoms with Crippen LogP contribution < -0.4 is 5.32 Å². The van der Waals surface area contributed by atoms with Crippen LogP contribution in [0.3, 0.4) is 0 Å². The molecule has 1 aromatic heterocycles. The Kier molecular flexibility index (Phi) is 2.99. The van der Waals surface area contributed by atoms with Crippen LogP contribution in [-0.4, -0.2) is 18.8 Å². The molecule has 1 aromatic rings. The first kappa shape index (κ1) is 8.43. The second kappa shape index (κ2) is 4.26. The van der Waals surface area contributed by atoms with Crippen LogP contribution in [0.15, 0.2) is 30.4 Å². The maximum atomic E-state index is 11.1. The number of carbonyl (C=O) groups is 1. The third kappa shape index (κ3) is 2.18. The Labute approximate surface area is 70.3 Å². The third-order valence-electron chi connectivity index (χ3n) is 1.30. The van der Waals surface area contributed by atoms with Crippen LogP contribution in [0.4, 0.5) is 0 Å². The van der Waals surface area contributed by atoms with Crippen LogP contribution in [0.2, 0.25) is 0 Å². The molecule has 1 N–H and O–H groups in total. The van der Waals surface area contributed by atoms with Gasteiger partial charge in [0.05, 0.1) is 0 Å². The Morgan fingerprint density at radius 2 is 2.42 bits per heavy atom. The molecule has 1 heterocycles. The van der Waals surface area contributed by atoms with Gasteiger partial charge in [0.15, 0.2) is 0 Å². The van der Waals surface area contributed by atoms with E-state index in [1.807, 2.05) is 6.07 Å². The summed E-state index contributed by atoms with van der Waals surface area (Å²) in [5.41, 5.74) is 0.518. The fourth-order valence-electron chi connectivity index (χ4n) is 0.768. The summed E-state index contributed by atoms with van der Waals surface area (Å²) in [6.07, 6.45) is 0.940. The number of rotatable bonds is 2. The van der Waals surface area contributed by atoms with Crippen molar-refractivity contribution in [2.75, 3.05) is 0 Å². The van der Waals surface area contributed by atoms with Crippen molar-refractivity contribution >= 4 is 18.8 Å². The van der Waals surface area contributed by atoms with Crippen LogP contribution in [-0.2, 0) is 4.79 Å². The zero-order chi connectivity index (χ0) is 8.81. The van der Waals surface area contributed by atoms with Crippen molar-refractivity contribution in [1.82, 2.24) is 5.32 Å². The molecule has 0 fully saturated rings. The van der Waals surface area contributed by atoms with Crippen molar-refractivity contribution in [1.29, 1.82) is 0 Å². The predicted octanol–water partition coefficient (Wildman–Crippen LogP) is 0.0998. The topological polar surface area (TPSA) is 46.2 Å². The van der Waals surface area contributed by atoms with Crippen LogP contribution >= 0.6 is 0 Å². The van der Waals surface area contributed by atoms with Crippen molar-refractivity contribution in [2.45, 2.75) is 0 Å². The Morgan fingerprint density at radius 1 is 1.58 bits per heavy atom. The molecule has 0 saturated heterocycles. The normalized spacial score (nSPS) is 8.00. The van der Waals surface area contributed by atoms with Gasteiger partial charge in [0.2, 0.25) is 0 Å². The third-order valence-corrected chi connectivity index (χ3v) is 1.30. The molecular formula is C8H6BNO2. The van der Waals surface area contributed by atoms with E-state index in [0.717, 1.165) is 6.20 Å². The molecule has 0 aromatic carbocycles. The summed E-state index contributed by atoms with van der Waals surface area (Å²) in [7, 11) is 0. The van der Waals surface area contributed by atoms with Gasteiger partial charge >= 0.3 is 69.5 Å². The van der Waals surface area contributed by atoms with Gasteiger partial charge in [0.1, 0.15) is 0 Å². The quantitative estimate of drug-likeness (QED) is 0.622. The van der Waals surface area contributed by atoms with Crippen molar-refractivity contribution < 1.29 is 9.59 Å². The minimum absolute atomic E-state index is 0.307. The van der Waals surface area contributed by atoms with Crippen molar-refractivity contribution in [2.24, 2.45) is 0 Å². The summed E-state index contributed by atoms with van der Waals surface area (Å²) in [4.78, 5) is 20.8. The van der Waals surface area contributed by atoms with Gasteiger partial charge in [-0.2, -0.15) is 0 Å². The number of nitrogens with one attached hydrogen (secondary N) is 1. The predicted molar refractivity (Wildman–Crippen MR) is 45.5 cm³/mol. The van der Waals surface area contributed by atoms with E-state index in [-0.39, 0.29) is 5.91 Å². The van der Waals surface area contributed by atoms with Gasteiger partial charge in [-0.1, -0.05) is 0 Å². The van der Waals surface area contributed by atoms with Gasteiger partial charge in [-0.3, -0.25) is 0 Å². The van der Waals surface area contributed by atoms with Gasteiger partial charge in [-0.05, 0) is 0 Å². The first-order valence-corrected chi connectivity index (χ1v) is 3.40. The SMILES string of the molecule is O=C=CNC(=O)c1bcccc1. The molecule has 0 atom stereocenters. The van der Waals surface area contributed by atoms with Gasteiger partial charge in [-0.25, -0.2) is 0 Å². The van der Waals surface area contributed by atoms with E-state index >= 15 is 0 Å². The van der Waals surface area contributed by atoms with E-state index < -0.39 is 0 Å². The summed E-state index contributed by atoms with van der Waals surface area (Å²) < 4.78 is 0. The van der Waals surface area contributed by atoms with E-state index in [1.54, 1.807) is 25.0 Å². The Balaban J connectivity index is 2.72. The van der Waals surface area contributed by atoms with Crippen LogP contribution in [0.1, 0.15) is 10.3 Å². The van der Waals surface area contributed by atoms with Crippen LogP contribution in [0.5, 0.6) is 0 Å². The van der Waals surface area contributed by atoms with E-state index in [1.165, 1.54) is 5.94 Å². The van der Waals surface area contributed by atoms with Crippen LogP contribution in [0, 0.1) is 0 Å². The van der Waals surface area contributed by atoms with Crippen molar-refractivity contribution in [3.05, 3.63) is 35.8 Å². The summed E-state index contributed by atoms with van der Waals surface area (Å²) in [6.45, 7) is 1.66. The van der Waals surface area contributed by atoms with Crippen molar-refractivity contribution in [3.8, 4) is 0 Å². The standard InChI is InChI=1S/C8H6BNO2/c11-6-5-10-8(12)7-3-1-2-4-9-7/h1-5H,(H,10,12). The first-order valence-electron chi connectivity index (χ1n) is 3.40. The summed E-state index contributed by atoms with van der Waals surface area (Å²) in [5, 5.41) is 2.26. The van der Waals surface area contributed by atoms with E-state index in [0.29, 0.717) is 5.46 Å². The Morgan fingerprint density at radius 3 is 3.00 bits per heavy atom. The van der Waals surface area contributed by atoms with Crippen molar-refractivity contribution in [3.63, 3.8) is 0 Å². The molecule has 4 heteroatoms. The van der Waals surface area contributed by atoms with Gasteiger partial charge < -0.3 is 0 Å². The summed E-state index contributed by atoms with van der Waals surface area (Å²) in [5.74, 6) is 2.90. The van der Waals surface area contributed by atoms with E-state index in [9.17, 15) is 9.59 Å². The molecule has 0 spiro atoms. The summed E-state index contributed by atoms with van der Waals surface area (Å²) >= 11 is 0. The van der Waals surface area contributed by atoms with Crippen LogP contribution in [0.25, 0.3) is 0 Å². The Hall–Kier alpha value is -1.67. The minimum atomic E-state index is -0.307. The first-order chi connectivity index (χ1) is 5.84. The molecule has 0 unspecified atom stereocenters. The molecule has 1 amide bonds. The molecule has 0 aliphatic carbocycles. The second-order valence-corrected chi connectivity index (χ2v) is 2.10. The second-order valence-electron chi connectivity index (χ2n) is 2.10. The molecule has 3 nitrogen and oxygen atoms in total. The molecule has 0 radical (unpaired) electrons. The van der Waals surface area contributed by atoms with Gasteiger partial charge in [0, 0.05) is 0 Å². The monoisotopic (exact) mass is 159 g/mol. The van der Waals surface area contributed by atoms with E-state index in [4.69, 9.17) is 0 Å². The molecule has 0 bridgehead atoms. The molecule has 0 aliphatic rings. The number of hydrogen-bond acceptors (Lipinski definition) is 2. The fraction of sp³-hybridized carbons (Fsp3) is 0. The van der Waals surface area contributed by atoms with Gasteiger partial charge in [-0.15, -0.1) is 0 Å². The van der Waals surface area contributed by atoms with E-state index in [2.05, 4.69) is 5.32 Å². The number of carbonyl (C=O) groups excluding carboxylic acids is 2. The maximum absolute atomic E-state index is 11.1. The number of hydrogen-bond donors (Lipinski definition) is 1. The average Bonchev–Trinajstić information content (AvgIpc) is 2.15. The fourth-order valence-corrected chi connectivity index (χ4v) is 0.768. The molecule has 0 aliphatic heterocycles. The molecule has 58 valence electrons. The summed E-state index contributed by atoms with van der Waals surface area (Å²) in [6, 6.07) is 5.22.